The van der Waals surface area contributed by atoms with Gasteiger partial charge in [-0.15, -0.1) is 0 Å². The van der Waals surface area contributed by atoms with Crippen molar-refractivity contribution in [1.82, 2.24) is 5.32 Å². The molecule has 5 heteroatoms. The number of benzene rings is 2. The number of rotatable bonds is 5. The van der Waals surface area contributed by atoms with Crippen LogP contribution < -0.4 is 10.6 Å². The molecule has 2 aromatic carbocycles. The van der Waals surface area contributed by atoms with Gasteiger partial charge in [0.2, 0.25) is 0 Å². The molecule has 2 atom stereocenters. The molecule has 1 heterocycles. The second-order valence-electron chi connectivity index (χ2n) is 6.18. The van der Waals surface area contributed by atoms with Gasteiger partial charge in [0.05, 0.1) is 12.7 Å². The molecule has 0 spiro atoms. The van der Waals surface area contributed by atoms with Crippen molar-refractivity contribution in [3.63, 3.8) is 0 Å². The molecule has 1 aliphatic heterocycles. The number of hydrogen-bond acceptors (Lipinski definition) is 3. The Morgan fingerprint density at radius 3 is 2.72 bits per heavy atom. The van der Waals surface area contributed by atoms with Gasteiger partial charge in [-0.3, -0.25) is 0 Å². The van der Waals surface area contributed by atoms with Crippen LogP contribution in [0, 0.1) is 0 Å². The summed E-state index contributed by atoms with van der Waals surface area (Å²) in [4.78, 5) is 12.4. The number of hydrogen-bond donors (Lipinski definition) is 2. The van der Waals surface area contributed by atoms with E-state index in [4.69, 9.17) is 9.47 Å². The molecule has 2 amide bonds. The number of carbonyl (C=O) groups is 1. The number of ether oxygens (including phenoxy) is 2. The molecule has 0 bridgehead atoms. The van der Waals surface area contributed by atoms with E-state index in [2.05, 4.69) is 22.8 Å². The zero-order chi connectivity index (χ0) is 17.5. The summed E-state index contributed by atoms with van der Waals surface area (Å²) in [6.07, 6.45) is 1.62. The van der Waals surface area contributed by atoms with E-state index in [1.165, 1.54) is 0 Å². The lowest BCUT2D eigenvalue weighted by molar-refractivity contribution is 0.00254. The lowest BCUT2D eigenvalue weighted by Crippen LogP contribution is -2.42. The monoisotopic (exact) mass is 340 g/mol. The van der Waals surface area contributed by atoms with E-state index >= 15 is 0 Å². The first kappa shape index (κ1) is 17.5. The van der Waals surface area contributed by atoms with E-state index in [1.807, 2.05) is 42.5 Å². The molecule has 0 aliphatic carbocycles. The number of nitrogens with one attached hydrogen (secondary N) is 2. The standard InChI is InChI=1S/C20H24N2O3/c1-24-14-16-9-5-6-10-18(16)22-20(23)21-17-11-12-25-19(13-17)15-7-3-2-4-8-15/h2-10,17,19H,11-14H2,1H3,(H2,21,22,23)/t17-,19-/m0/s1. The van der Waals surface area contributed by atoms with Crippen LogP contribution >= 0.6 is 0 Å². The third-order valence-corrected chi connectivity index (χ3v) is 4.36. The van der Waals surface area contributed by atoms with Gasteiger partial charge in [0.25, 0.3) is 0 Å². The molecule has 3 rings (SSSR count). The Kier molecular flexibility index (Phi) is 6.04. The Morgan fingerprint density at radius 1 is 1.16 bits per heavy atom. The molecule has 1 fully saturated rings. The Bertz CT molecular complexity index is 690. The minimum absolute atomic E-state index is 0.0287. The lowest BCUT2D eigenvalue weighted by atomic mass is 9.97. The zero-order valence-electron chi connectivity index (χ0n) is 14.4. The topological polar surface area (TPSA) is 59.6 Å². The molecule has 132 valence electrons. The highest BCUT2D eigenvalue weighted by molar-refractivity contribution is 5.90. The lowest BCUT2D eigenvalue weighted by Gasteiger charge is -2.30. The second kappa shape index (κ2) is 8.65. The van der Waals surface area contributed by atoms with Crippen LogP contribution in [0.3, 0.4) is 0 Å². The second-order valence-corrected chi connectivity index (χ2v) is 6.18. The first-order chi connectivity index (χ1) is 12.3. The van der Waals surface area contributed by atoms with Crippen LogP contribution in [-0.4, -0.2) is 25.8 Å². The molecule has 2 aromatic rings. The number of urea groups is 1. The molecule has 2 N–H and O–H groups in total. The predicted molar refractivity (Wildman–Crippen MR) is 97.5 cm³/mol. The summed E-state index contributed by atoms with van der Waals surface area (Å²) < 4.78 is 11.0. The van der Waals surface area contributed by atoms with Gasteiger partial charge in [0.1, 0.15) is 0 Å². The maximum absolute atomic E-state index is 12.4. The largest absolute Gasteiger partial charge is 0.380 e. The van der Waals surface area contributed by atoms with Crippen LogP contribution in [0.25, 0.3) is 0 Å². The van der Waals surface area contributed by atoms with Crippen molar-refractivity contribution in [2.45, 2.75) is 31.6 Å². The fourth-order valence-corrected chi connectivity index (χ4v) is 3.10. The molecule has 0 unspecified atom stereocenters. The molecular formula is C20H24N2O3. The average molecular weight is 340 g/mol. The van der Waals surface area contributed by atoms with E-state index < -0.39 is 0 Å². The van der Waals surface area contributed by atoms with Crippen LogP contribution in [0.5, 0.6) is 0 Å². The first-order valence-corrected chi connectivity index (χ1v) is 8.57. The van der Waals surface area contributed by atoms with E-state index in [1.54, 1.807) is 7.11 Å². The summed E-state index contributed by atoms with van der Waals surface area (Å²) in [7, 11) is 1.64. The third kappa shape index (κ3) is 4.81. The summed E-state index contributed by atoms with van der Waals surface area (Å²) in [6, 6.07) is 17.7. The van der Waals surface area contributed by atoms with Crippen molar-refractivity contribution in [3.05, 3.63) is 65.7 Å². The molecule has 25 heavy (non-hydrogen) atoms. The Balaban J connectivity index is 1.58. The summed E-state index contributed by atoms with van der Waals surface area (Å²) in [5.41, 5.74) is 2.88. The number of carbonyl (C=O) groups excluding carboxylic acids is 1. The van der Waals surface area contributed by atoms with Crippen LogP contribution in [0.2, 0.25) is 0 Å². The Hall–Kier alpha value is -2.37. The fraction of sp³-hybridized carbons (Fsp3) is 0.350. The Morgan fingerprint density at radius 2 is 1.92 bits per heavy atom. The van der Waals surface area contributed by atoms with Crippen molar-refractivity contribution < 1.29 is 14.3 Å². The SMILES string of the molecule is COCc1ccccc1NC(=O)N[C@H]1CCO[C@H](c2ccccc2)C1. The van der Waals surface area contributed by atoms with Gasteiger partial charge >= 0.3 is 6.03 Å². The summed E-state index contributed by atoms with van der Waals surface area (Å²) in [5, 5.41) is 5.99. The average Bonchev–Trinajstić information content (AvgIpc) is 2.64. The third-order valence-electron chi connectivity index (χ3n) is 4.36. The molecule has 5 nitrogen and oxygen atoms in total. The number of amides is 2. The minimum Gasteiger partial charge on any atom is -0.380 e. The summed E-state index contributed by atoms with van der Waals surface area (Å²) in [6.45, 7) is 1.11. The molecular weight excluding hydrogens is 316 g/mol. The van der Waals surface area contributed by atoms with Crippen molar-refractivity contribution in [2.75, 3.05) is 19.0 Å². The van der Waals surface area contributed by atoms with Gasteiger partial charge in [-0.25, -0.2) is 4.79 Å². The Labute approximate surface area is 148 Å². The van der Waals surface area contributed by atoms with Crippen LogP contribution in [-0.2, 0) is 16.1 Å². The molecule has 0 aromatic heterocycles. The number of para-hydroxylation sites is 1. The van der Waals surface area contributed by atoms with Crippen molar-refractivity contribution >= 4 is 11.7 Å². The molecule has 0 saturated carbocycles. The maximum Gasteiger partial charge on any atom is 0.319 e. The highest BCUT2D eigenvalue weighted by Gasteiger charge is 2.25. The van der Waals surface area contributed by atoms with E-state index in [9.17, 15) is 4.79 Å². The molecule has 0 radical (unpaired) electrons. The van der Waals surface area contributed by atoms with Crippen molar-refractivity contribution in [3.8, 4) is 0 Å². The number of anilines is 1. The van der Waals surface area contributed by atoms with Crippen LogP contribution in [0.4, 0.5) is 10.5 Å². The van der Waals surface area contributed by atoms with E-state index in [0.29, 0.717) is 13.2 Å². The fourth-order valence-electron chi connectivity index (χ4n) is 3.10. The van der Waals surface area contributed by atoms with Crippen LogP contribution in [0.15, 0.2) is 54.6 Å². The highest BCUT2D eigenvalue weighted by Crippen LogP contribution is 2.28. The van der Waals surface area contributed by atoms with E-state index in [-0.39, 0.29) is 18.2 Å². The predicted octanol–water partition coefficient (Wildman–Crippen LogP) is 3.87. The zero-order valence-corrected chi connectivity index (χ0v) is 14.4. The smallest absolute Gasteiger partial charge is 0.319 e. The van der Waals surface area contributed by atoms with Gasteiger partial charge in [0, 0.05) is 31.0 Å². The van der Waals surface area contributed by atoms with E-state index in [0.717, 1.165) is 29.7 Å². The van der Waals surface area contributed by atoms with Crippen LogP contribution in [0.1, 0.15) is 30.1 Å². The number of methoxy groups -OCH3 is 1. The van der Waals surface area contributed by atoms with Gasteiger partial charge in [-0.2, -0.15) is 0 Å². The first-order valence-electron chi connectivity index (χ1n) is 8.57. The quantitative estimate of drug-likeness (QED) is 0.868. The minimum atomic E-state index is -0.192. The molecule has 1 saturated heterocycles. The molecule has 1 aliphatic rings. The maximum atomic E-state index is 12.4. The highest BCUT2D eigenvalue weighted by atomic mass is 16.5. The van der Waals surface area contributed by atoms with Crippen molar-refractivity contribution in [1.29, 1.82) is 0 Å². The summed E-state index contributed by atoms with van der Waals surface area (Å²) >= 11 is 0. The summed E-state index contributed by atoms with van der Waals surface area (Å²) in [5.74, 6) is 0. The van der Waals surface area contributed by atoms with Gasteiger partial charge in [-0.05, 0) is 24.5 Å². The van der Waals surface area contributed by atoms with Gasteiger partial charge in [-0.1, -0.05) is 48.5 Å². The van der Waals surface area contributed by atoms with Gasteiger partial charge in [0.15, 0.2) is 0 Å². The van der Waals surface area contributed by atoms with Gasteiger partial charge < -0.3 is 20.1 Å². The van der Waals surface area contributed by atoms with Crippen molar-refractivity contribution in [2.24, 2.45) is 0 Å². The normalized spacial score (nSPS) is 20.0.